The molecule has 2 rings (SSSR count). The Balaban J connectivity index is 2.11. The number of hydrogen-bond acceptors (Lipinski definition) is 5. The van der Waals surface area contributed by atoms with Crippen molar-refractivity contribution in [3.8, 4) is 0 Å². The number of hydrogen-bond donors (Lipinski definition) is 2. The topological polar surface area (TPSA) is 71.2 Å². The van der Waals surface area contributed by atoms with Crippen LogP contribution in [0.1, 0.15) is 62.5 Å². The van der Waals surface area contributed by atoms with Crippen molar-refractivity contribution in [1.29, 1.82) is 0 Å². The van der Waals surface area contributed by atoms with E-state index in [2.05, 4.69) is 31.1 Å². The molecule has 118 valence electrons. The second kappa shape index (κ2) is 6.22. The molecule has 21 heavy (non-hydrogen) atoms. The second-order valence-electron chi connectivity index (χ2n) is 6.82. The van der Waals surface area contributed by atoms with Crippen LogP contribution in [-0.2, 0) is 0 Å². The minimum absolute atomic E-state index is 0.00106. The van der Waals surface area contributed by atoms with E-state index in [0.717, 1.165) is 12.8 Å². The van der Waals surface area contributed by atoms with Crippen LogP contribution >= 0.6 is 11.3 Å². The minimum atomic E-state index is -0.0973. The summed E-state index contributed by atoms with van der Waals surface area (Å²) < 4.78 is 0. The average Bonchev–Trinajstić information content (AvgIpc) is 2.76. The number of nitrogens with zero attached hydrogens (tertiary/aromatic N) is 2. The van der Waals surface area contributed by atoms with Gasteiger partial charge in [0.15, 0.2) is 5.13 Å². The third-order valence-corrected chi connectivity index (χ3v) is 4.75. The standard InChI is InChI=1S/C15H26N4OS/c1-15(2,3)18-14-17-12(16)11(21-14)13(20)19(4)10-8-6-5-7-9-10/h10H,5-9,16H2,1-4H3,(H,17,18). The number of nitrogens with one attached hydrogen (secondary N) is 1. The molecule has 3 N–H and O–H groups in total. The Morgan fingerprint density at radius 3 is 2.52 bits per heavy atom. The Morgan fingerprint density at radius 2 is 1.95 bits per heavy atom. The van der Waals surface area contributed by atoms with Gasteiger partial charge in [0, 0.05) is 18.6 Å². The molecule has 0 unspecified atom stereocenters. The zero-order chi connectivity index (χ0) is 15.6. The van der Waals surface area contributed by atoms with Gasteiger partial charge in [-0.2, -0.15) is 0 Å². The molecular formula is C15H26N4OS. The molecule has 1 aliphatic rings. The van der Waals surface area contributed by atoms with Crippen molar-refractivity contribution in [2.75, 3.05) is 18.1 Å². The van der Waals surface area contributed by atoms with Gasteiger partial charge in [-0.15, -0.1) is 0 Å². The lowest BCUT2D eigenvalue weighted by Crippen LogP contribution is -2.38. The summed E-state index contributed by atoms with van der Waals surface area (Å²) in [6, 6.07) is 0.340. The molecule has 0 saturated heterocycles. The van der Waals surface area contributed by atoms with E-state index in [1.807, 2.05) is 11.9 Å². The molecule has 1 saturated carbocycles. The van der Waals surface area contributed by atoms with Gasteiger partial charge < -0.3 is 16.0 Å². The number of carbonyl (C=O) groups excluding carboxylic acids is 1. The molecule has 6 heteroatoms. The van der Waals surface area contributed by atoms with Crippen molar-refractivity contribution in [3.63, 3.8) is 0 Å². The largest absolute Gasteiger partial charge is 0.382 e. The van der Waals surface area contributed by atoms with Gasteiger partial charge in [-0.1, -0.05) is 30.6 Å². The molecule has 1 amide bonds. The predicted octanol–water partition coefficient (Wildman–Crippen LogP) is 3.34. The summed E-state index contributed by atoms with van der Waals surface area (Å²) in [5, 5.41) is 3.98. The fraction of sp³-hybridized carbons (Fsp3) is 0.733. The number of anilines is 2. The van der Waals surface area contributed by atoms with Crippen LogP contribution in [0.5, 0.6) is 0 Å². The molecule has 1 heterocycles. The summed E-state index contributed by atoms with van der Waals surface area (Å²) >= 11 is 1.35. The van der Waals surface area contributed by atoms with Crippen molar-refractivity contribution in [1.82, 2.24) is 9.88 Å². The molecule has 0 atom stereocenters. The summed E-state index contributed by atoms with van der Waals surface area (Å²) in [6.07, 6.45) is 5.87. The second-order valence-corrected chi connectivity index (χ2v) is 7.82. The number of thiazole rings is 1. The fourth-order valence-electron chi connectivity index (χ4n) is 2.65. The number of amides is 1. The first-order valence-corrected chi connectivity index (χ1v) is 8.41. The Kier molecular flexibility index (Phi) is 4.76. The molecule has 1 aromatic heterocycles. The van der Waals surface area contributed by atoms with E-state index < -0.39 is 0 Å². The van der Waals surface area contributed by atoms with Crippen molar-refractivity contribution < 1.29 is 4.79 Å². The summed E-state index contributed by atoms with van der Waals surface area (Å²) in [7, 11) is 1.88. The fourth-order valence-corrected chi connectivity index (χ4v) is 3.73. The molecule has 0 aromatic carbocycles. The molecule has 1 aliphatic carbocycles. The van der Waals surface area contributed by atoms with Crippen LogP contribution in [0.15, 0.2) is 0 Å². The van der Waals surface area contributed by atoms with Crippen molar-refractivity contribution in [2.24, 2.45) is 0 Å². The van der Waals surface area contributed by atoms with Gasteiger partial charge in [0.25, 0.3) is 5.91 Å². The smallest absolute Gasteiger partial charge is 0.267 e. The molecule has 0 bridgehead atoms. The average molecular weight is 310 g/mol. The zero-order valence-corrected chi connectivity index (χ0v) is 14.2. The van der Waals surface area contributed by atoms with Crippen molar-refractivity contribution >= 4 is 28.2 Å². The highest BCUT2D eigenvalue weighted by molar-refractivity contribution is 7.18. The van der Waals surface area contributed by atoms with E-state index in [9.17, 15) is 4.79 Å². The van der Waals surface area contributed by atoms with Crippen LogP contribution in [0.2, 0.25) is 0 Å². The van der Waals surface area contributed by atoms with Crippen LogP contribution in [0, 0.1) is 0 Å². The van der Waals surface area contributed by atoms with Crippen molar-refractivity contribution in [2.45, 2.75) is 64.5 Å². The lowest BCUT2D eigenvalue weighted by atomic mass is 9.94. The Hall–Kier alpha value is -1.30. The van der Waals surface area contributed by atoms with Crippen LogP contribution in [0.3, 0.4) is 0 Å². The van der Waals surface area contributed by atoms with Gasteiger partial charge in [-0.05, 0) is 33.6 Å². The molecule has 1 fully saturated rings. The predicted molar refractivity (Wildman–Crippen MR) is 88.9 cm³/mol. The third kappa shape index (κ3) is 4.09. The number of carbonyl (C=O) groups is 1. The lowest BCUT2D eigenvalue weighted by molar-refractivity contribution is 0.0702. The molecular weight excluding hydrogens is 284 g/mol. The van der Waals surface area contributed by atoms with E-state index in [0.29, 0.717) is 21.9 Å². The van der Waals surface area contributed by atoms with Gasteiger partial charge >= 0.3 is 0 Å². The number of rotatable bonds is 3. The normalized spacial score (nSPS) is 16.8. The SMILES string of the molecule is CN(C(=O)c1sc(NC(C)(C)C)nc1N)C1CCCCC1. The van der Waals surface area contributed by atoms with Crippen molar-refractivity contribution in [3.05, 3.63) is 4.88 Å². The van der Waals surface area contributed by atoms with Crippen LogP contribution < -0.4 is 11.1 Å². The molecule has 0 radical (unpaired) electrons. The first-order valence-electron chi connectivity index (χ1n) is 7.59. The van der Waals surface area contributed by atoms with Gasteiger partial charge in [-0.25, -0.2) is 4.98 Å². The van der Waals surface area contributed by atoms with Crippen LogP contribution in [0.25, 0.3) is 0 Å². The van der Waals surface area contributed by atoms with E-state index in [-0.39, 0.29) is 11.4 Å². The highest BCUT2D eigenvalue weighted by atomic mass is 32.1. The van der Waals surface area contributed by atoms with E-state index in [4.69, 9.17) is 5.73 Å². The summed E-state index contributed by atoms with van der Waals surface area (Å²) in [4.78, 5) is 19.3. The van der Waals surface area contributed by atoms with Gasteiger partial charge in [-0.3, -0.25) is 4.79 Å². The lowest BCUT2D eigenvalue weighted by Gasteiger charge is -2.30. The molecule has 0 spiro atoms. The molecule has 5 nitrogen and oxygen atoms in total. The minimum Gasteiger partial charge on any atom is -0.382 e. The monoisotopic (exact) mass is 310 g/mol. The number of nitrogens with two attached hydrogens (primary N) is 1. The number of nitrogen functional groups attached to an aromatic ring is 1. The summed E-state index contributed by atoms with van der Waals surface area (Å²) in [6.45, 7) is 6.17. The van der Waals surface area contributed by atoms with Crippen LogP contribution in [0.4, 0.5) is 10.9 Å². The molecule has 0 aliphatic heterocycles. The maximum absolute atomic E-state index is 12.6. The quantitative estimate of drug-likeness (QED) is 0.898. The Bertz CT molecular complexity index is 500. The van der Waals surface area contributed by atoms with Gasteiger partial charge in [0.2, 0.25) is 0 Å². The molecule has 1 aromatic rings. The maximum atomic E-state index is 12.6. The summed E-state index contributed by atoms with van der Waals surface area (Å²) in [5.41, 5.74) is 5.84. The van der Waals surface area contributed by atoms with E-state index in [1.165, 1.54) is 30.6 Å². The first kappa shape index (κ1) is 16.1. The van der Waals surface area contributed by atoms with Gasteiger partial charge in [0.1, 0.15) is 10.7 Å². The highest BCUT2D eigenvalue weighted by Gasteiger charge is 2.27. The van der Waals surface area contributed by atoms with Crippen LogP contribution in [-0.4, -0.2) is 34.4 Å². The Morgan fingerprint density at radius 1 is 1.33 bits per heavy atom. The first-order chi connectivity index (χ1) is 9.78. The highest BCUT2D eigenvalue weighted by Crippen LogP contribution is 2.30. The van der Waals surface area contributed by atoms with E-state index >= 15 is 0 Å². The summed E-state index contributed by atoms with van der Waals surface area (Å²) in [5.74, 6) is 0.332. The maximum Gasteiger partial charge on any atom is 0.267 e. The third-order valence-electron chi connectivity index (χ3n) is 3.77. The van der Waals surface area contributed by atoms with E-state index in [1.54, 1.807) is 0 Å². The van der Waals surface area contributed by atoms with Gasteiger partial charge in [0.05, 0.1) is 0 Å². The Labute approximate surface area is 130 Å². The number of aromatic nitrogens is 1. The zero-order valence-electron chi connectivity index (χ0n) is 13.4.